The van der Waals surface area contributed by atoms with E-state index in [2.05, 4.69) is 19.3 Å². The first kappa shape index (κ1) is 15.8. The van der Waals surface area contributed by atoms with Gasteiger partial charge in [0.05, 0.1) is 0 Å². The highest BCUT2D eigenvalue weighted by molar-refractivity contribution is 4.84. The summed E-state index contributed by atoms with van der Waals surface area (Å²) in [5, 5.41) is 0. The second-order valence-electron chi connectivity index (χ2n) is 4.81. The molecule has 0 aromatic rings. The fourth-order valence-corrected chi connectivity index (χ4v) is 2.16. The molecule has 98 valence electrons. The second-order valence-corrected chi connectivity index (χ2v) is 4.81. The standard InChI is InChI=1S/C12H30N4/c1-3-12(14,4-2)10-11(6-5-8-13)7-9-16-15/h11,16H,3-10,13-15H2,1-2H3. The monoisotopic (exact) mass is 230 g/mol. The molecular weight excluding hydrogens is 200 g/mol. The van der Waals surface area contributed by atoms with E-state index in [1.54, 1.807) is 0 Å². The Hall–Kier alpha value is -0.160. The van der Waals surface area contributed by atoms with E-state index in [4.69, 9.17) is 17.3 Å². The van der Waals surface area contributed by atoms with E-state index in [0.29, 0.717) is 5.92 Å². The maximum absolute atomic E-state index is 6.36. The Kier molecular flexibility index (Phi) is 8.84. The van der Waals surface area contributed by atoms with E-state index < -0.39 is 0 Å². The summed E-state index contributed by atoms with van der Waals surface area (Å²) in [5.74, 6) is 5.97. The maximum Gasteiger partial charge on any atom is 0.0151 e. The summed E-state index contributed by atoms with van der Waals surface area (Å²) in [5.41, 5.74) is 14.6. The molecule has 0 heterocycles. The Balaban J connectivity index is 4.15. The third-order valence-corrected chi connectivity index (χ3v) is 3.62. The van der Waals surface area contributed by atoms with E-state index >= 15 is 0 Å². The lowest BCUT2D eigenvalue weighted by molar-refractivity contribution is 0.271. The molecule has 0 fully saturated rings. The molecule has 0 rings (SSSR count). The first-order valence-corrected chi connectivity index (χ1v) is 6.54. The first-order chi connectivity index (χ1) is 7.61. The summed E-state index contributed by atoms with van der Waals surface area (Å²) in [6.07, 6.45) is 6.50. The Morgan fingerprint density at radius 3 is 2.25 bits per heavy atom. The fraction of sp³-hybridized carbons (Fsp3) is 1.00. The highest BCUT2D eigenvalue weighted by Crippen LogP contribution is 2.26. The van der Waals surface area contributed by atoms with Crippen molar-refractivity contribution < 1.29 is 0 Å². The van der Waals surface area contributed by atoms with Crippen LogP contribution in [0.1, 0.15) is 52.4 Å². The van der Waals surface area contributed by atoms with Gasteiger partial charge >= 0.3 is 0 Å². The van der Waals surface area contributed by atoms with Gasteiger partial charge in [0.2, 0.25) is 0 Å². The SMILES string of the molecule is CCC(N)(CC)CC(CCCN)CCNN. The number of nitrogens with one attached hydrogen (secondary N) is 1. The molecule has 0 aliphatic rings. The lowest BCUT2D eigenvalue weighted by Crippen LogP contribution is -2.41. The van der Waals surface area contributed by atoms with Crippen LogP contribution in [0.25, 0.3) is 0 Å². The van der Waals surface area contributed by atoms with Gasteiger partial charge in [-0.25, -0.2) is 0 Å². The highest BCUT2D eigenvalue weighted by Gasteiger charge is 2.24. The van der Waals surface area contributed by atoms with E-state index in [9.17, 15) is 0 Å². The number of hydrogen-bond acceptors (Lipinski definition) is 4. The van der Waals surface area contributed by atoms with E-state index in [-0.39, 0.29) is 5.54 Å². The van der Waals surface area contributed by atoms with Crippen LogP contribution in [0.3, 0.4) is 0 Å². The van der Waals surface area contributed by atoms with Crippen LogP contribution in [0, 0.1) is 5.92 Å². The molecule has 4 heteroatoms. The summed E-state index contributed by atoms with van der Waals surface area (Å²) in [7, 11) is 0. The van der Waals surface area contributed by atoms with Crippen LogP contribution in [0.15, 0.2) is 0 Å². The van der Waals surface area contributed by atoms with Crippen LogP contribution in [0.2, 0.25) is 0 Å². The third kappa shape index (κ3) is 6.43. The van der Waals surface area contributed by atoms with E-state index in [1.807, 2.05) is 0 Å². The van der Waals surface area contributed by atoms with Crippen molar-refractivity contribution in [2.24, 2.45) is 23.2 Å². The quantitative estimate of drug-likeness (QED) is 0.334. The second kappa shape index (κ2) is 8.93. The molecule has 1 atom stereocenters. The van der Waals surface area contributed by atoms with Crippen LogP contribution in [0.5, 0.6) is 0 Å². The van der Waals surface area contributed by atoms with Gasteiger partial charge in [-0.1, -0.05) is 13.8 Å². The first-order valence-electron chi connectivity index (χ1n) is 6.54. The minimum atomic E-state index is -0.00609. The zero-order valence-corrected chi connectivity index (χ0v) is 11.0. The van der Waals surface area contributed by atoms with Crippen molar-refractivity contribution in [3.05, 3.63) is 0 Å². The molecule has 16 heavy (non-hydrogen) atoms. The molecule has 4 nitrogen and oxygen atoms in total. The van der Waals surface area contributed by atoms with Gasteiger partial charge < -0.3 is 11.5 Å². The summed E-state index contributed by atoms with van der Waals surface area (Å²) in [4.78, 5) is 0. The number of hydrogen-bond donors (Lipinski definition) is 4. The molecule has 0 radical (unpaired) electrons. The Morgan fingerprint density at radius 1 is 1.19 bits per heavy atom. The molecule has 0 saturated carbocycles. The number of rotatable bonds is 10. The fourth-order valence-electron chi connectivity index (χ4n) is 2.16. The number of nitrogens with two attached hydrogens (primary N) is 3. The normalized spacial score (nSPS) is 14.1. The van der Waals surface area contributed by atoms with Crippen molar-refractivity contribution in [3.63, 3.8) is 0 Å². The molecule has 0 aliphatic carbocycles. The molecule has 0 amide bonds. The van der Waals surface area contributed by atoms with Crippen LogP contribution in [-0.4, -0.2) is 18.6 Å². The van der Waals surface area contributed by atoms with Gasteiger partial charge in [0.1, 0.15) is 0 Å². The highest BCUT2D eigenvalue weighted by atomic mass is 15.2. The molecule has 0 spiro atoms. The average Bonchev–Trinajstić information content (AvgIpc) is 2.32. The Bertz CT molecular complexity index is 149. The van der Waals surface area contributed by atoms with Crippen molar-refractivity contribution in [3.8, 4) is 0 Å². The average molecular weight is 230 g/mol. The lowest BCUT2D eigenvalue weighted by Gasteiger charge is -2.31. The van der Waals surface area contributed by atoms with Gasteiger partial charge in [-0.3, -0.25) is 11.3 Å². The molecule has 1 unspecified atom stereocenters. The van der Waals surface area contributed by atoms with Gasteiger partial charge in [0.25, 0.3) is 0 Å². The van der Waals surface area contributed by atoms with Crippen molar-refractivity contribution in [1.29, 1.82) is 0 Å². The molecular formula is C12H30N4. The van der Waals surface area contributed by atoms with Crippen molar-refractivity contribution in [2.45, 2.75) is 57.9 Å². The predicted octanol–water partition coefficient (Wildman–Crippen LogP) is 1.10. The molecule has 0 saturated heterocycles. The largest absolute Gasteiger partial charge is 0.330 e. The van der Waals surface area contributed by atoms with Crippen molar-refractivity contribution >= 4 is 0 Å². The van der Waals surface area contributed by atoms with Crippen LogP contribution >= 0.6 is 0 Å². The minimum Gasteiger partial charge on any atom is -0.330 e. The predicted molar refractivity (Wildman–Crippen MR) is 70.7 cm³/mol. The van der Waals surface area contributed by atoms with Crippen LogP contribution in [-0.2, 0) is 0 Å². The van der Waals surface area contributed by atoms with E-state index in [1.165, 1.54) is 0 Å². The van der Waals surface area contributed by atoms with Gasteiger partial charge in [-0.15, -0.1) is 0 Å². The molecule has 7 N–H and O–H groups in total. The van der Waals surface area contributed by atoms with E-state index in [0.717, 1.165) is 51.6 Å². The molecule has 0 aliphatic heterocycles. The summed E-state index contributed by atoms with van der Waals surface area (Å²) < 4.78 is 0. The zero-order chi connectivity index (χ0) is 12.4. The summed E-state index contributed by atoms with van der Waals surface area (Å²) >= 11 is 0. The molecule has 0 aromatic carbocycles. The topological polar surface area (TPSA) is 90.1 Å². The van der Waals surface area contributed by atoms with Crippen LogP contribution in [0.4, 0.5) is 0 Å². The third-order valence-electron chi connectivity index (χ3n) is 3.62. The van der Waals surface area contributed by atoms with Gasteiger partial charge in [-0.2, -0.15) is 0 Å². The van der Waals surface area contributed by atoms with Crippen molar-refractivity contribution in [1.82, 2.24) is 5.43 Å². The summed E-state index contributed by atoms with van der Waals surface area (Å²) in [6, 6.07) is 0. The summed E-state index contributed by atoms with van der Waals surface area (Å²) in [6.45, 7) is 5.97. The van der Waals surface area contributed by atoms with Gasteiger partial charge in [-0.05, 0) is 51.0 Å². The number of hydrazine groups is 1. The van der Waals surface area contributed by atoms with Gasteiger partial charge in [0.15, 0.2) is 0 Å². The van der Waals surface area contributed by atoms with Gasteiger partial charge in [0, 0.05) is 12.1 Å². The molecule has 0 aromatic heterocycles. The maximum atomic E-state index is 6.36. The van der Waals surface area contributed by atoms with Crippen molar-refractivity contribution in [2.75, 3.05) is 13.1 Å². The minimum absolute atomic E-state index is 0.00609. The smallest absolute Gasteiger partial charge is 0.0151 e. The lowest BCUT2D eigenvalue weighted by atomic mass is 9.81. The van der Waals surface area contributed by atoms with Crippen LogP contribution < -0.4 is 22.7 Å². The Morgan fingerprint density at radius 2 is 1.81 bits per heavy atom. The molecule has 0 bridgehead atoms. The Labute approximate surface area is 100 Å². The zero-order valence-electron chi connectivity index (χ0n) is 11.0.